The van der Waals surface area contributed by atoms with E-state index in [-0.39, 0.29) is 24.2 Å². The van der Waals surface area contributed by atoms with E-state index in [0.29, 0.717) is 5.56 Å². The third kappa shape index (κ3) is 3.43. The normalized spacial score (nSPS) is 16.0. The van der Waals surface area contributed by atoms with Gasteiger partial charge in [0.25, 0.3) is 0 Å². The summed E-state index contributed by atoms with van der Waals surface area (Å²) in [7, 11) is 0. The van der Waals surface area contributed by atoms with Gasteiger partial charge in [0.1, 0.15) is 5.76 Å². The molecule has 1 fully saturated rings. The summed E-state index contributed by atoms with van der Waals surface area (Å²) in [5.74, 6) is 0.788. The van der Waals surface area contributed by atoms with Gasteiger partial charge in [-0.05, 0) is 56.5 Å². The predicted molar refractivity (Wildman–Crippen MR) is 90.1 cm³/mol. The highest BCUT2D eigenvalue weighted by Gasteiger charge is 2.37. The SMILES string of the molecule is CC(NC(=O)N(C1CC1)C(C)c1ccco1)c1cccc(C#N)c1. The molecule has 2 atom stereocenters. The molecule has 2 amide bonds. The van der Waals surface area contributed by atoms with Gasteiger partial charge in [0.2, 0.25) is 0 Å². The fourth-order valence-electron chi connectivity index (χ4n) is 2.90. The maximum atomic E-state index is 12.8. The molecule has 3 rings (SSSR count). The zero-order valence-electron chi connectivity index (χ0n) is 13.9. The Morgan fingerprint density at radius 2 is 2.12 bits per heavy atom. The minimum absolute atomic E-state index is 0.101. The Kier molecular flexibility index (Phi) is 4.57. The average molecular weight is 323 g/mol. The zero-order valence-corrected chi connectivity index (χ0v) is 13.9. The summed E-state index contributed by atoms with van der Waals surface area (Å²) in [6.45, 7) is 3.91. The number of nitrogens with zero attached hydrogens (tertiary/aromatic N) is 2. The number of urea groups is 1. The van der Waals surface area contributed by atoms with Gasteiger partial charge in [0.15, 0.2) is 0 Å². The number of nitriles is 1. The Morgan fingerprint density at radius 1 is 1.33 bits per heavy atom. The first-order valence-electron chi connectivity index (χ1n) is 8.22. The topological polar surface area (TPSA) is 69.3 Å². The molecular formula is C19H21N3O2. The van der Waals surface area contributed by atoms with Gasteiger partial charge in [-0.25, -0.2) is 4.79 Å². The number of hydrogen-bond acceptors (Lipinski definition) is 3. The standard InChI is InChI=1S/C19H21N3O2/c1-13(16-6-3-5-15(11-16)12-20)21-19(23)22(17-8-9-17)14(2)18-7-4-10-24-18/h3-7,10-11,13-14,17H,8-9H2,1-2H3,(H,21,23). The fourth-order valence-corrected chi connectivity index (χ4v) is 2.90. The van der Waals surface area contributed by atoms with E-state index >= 15 is 0 Å². The van der Waals surface area contributed by atoms with Crippen molar-refractivity contribution >= 4 is 6.03 Å². The van der Waals surface area contributed by atoms with E-state index in [1.54, 1.807) is 12.3 Å². The van der Waals surface area contributed by atoms with Crippen LogP contribution in [-0.2, 0) is 0 Å². The average Bonchev–Trinajstić information content (AvgIpc) is 3.26. The number of amides is 2. The molecule has 0 bridgehead atoms. The maximum Gasteiger partial charge on any atom is 0.318 e. The second-order valence-electron chi connectivity index (χ2n) is 6.24. The van der Waals surface area contributed by atoms with Gasteiger partial charge in [0, 0.05) is 6.04 Å². The van der Waals surface area contributed by atoms with Crippen molar-refractivity contribution in [3.8, 4) is 6.07 Å². The summed E-state index contributed by atoms with van der Waals surface area (Å²) >= 11 is 0. The quantitative estimate of drug-likeness (QED) is 0.898. The molecule has 1 aliphatic rings. The van der Waals surface area contributed by atoms with Crippen LogP contribution in [0.5, 0.6) is 0 Å². The highest BCUT2D eigenvalue weighted by atomic mass is 16.3. The first-order chi connectivity index (χ1) is 11.6. The van der Waals surface area contributed by atoms with E-state index in [0.717, 1.165) is 24.2 Å². The molecule has 2 unspecified atom stereocenters. The minimum atomic E-state index is -0.171. The lowest BCUT2D eigenvalue weighted by molar-refractivity contribution is 0.163. The van der Waals surface area contributed by atoms with E-state index in [1.807, 2.05) is 49.1 Å². The molecule has 1 saturated carbocycles. The summed E-state index contributed by atoms with van der Waals surface area (Å²) in [4.78, 5) is 14.7. The molecule has 2 aromatic rings. The van der Waals surface area contributed by atoms with Gasteiger partial charge in [-0.3, -0.25) is 0 Å². The van der Waals surface area contributed by atoms with Crippen molar-refractivity contribution in [3.63, 3.8) is 0 Å². The summed E-state index contributed by atoms with van der Waals surface area (Å²) in [5, 5.41) is 12.1. The van der Waals surface area contributed by atoms with Gasteiger partial charge in [-0.15, -0.1) is 0 Å². The van der Waals surface area contributed by atoms with E-state index in [2.05, 4.69) is 11.4 Å². The molecular weight excluding hydrogens is 302 g/mol. The number of nitrogens with one attached hydrogen (secondary N) is 1. The smallest absolute Gasteiger partial charge is 0.318 e. The van der Waals surface area contributed by atoms with Crippen molar-refractivity contribution in [2.75, 3.05) is 0 Å². The molecule has 5 heteroatoms. The third-order valence-corrected chi connectivity index (χ3v) is 4.40. The van der Waals surface area contributed by atoms with E-state index in [1.165, 1.54) is 0 Å². The van der Waals surface area contributed by atoms with Crippen LogP contribution in [0.15, 0.2) is 47.1 Å². The van der Waals surface area contributed by atoms with Crippen LogP contribution in [0.1, 0.15) is 55.7 Å². The number of carbonyl (C=O) groups is 1. The largest absolute Gasteiger partial charge is 0.467 e. The molecule has 1 aliphatic carbocycles. The van der Waals surface area contributed by atoms with Gasteiger partial charge in [-0.1, -0.05) is 12.1 Å². The van der Waals surface area contributed by atoms with Gasteiger partial charge in [0.05, 0.1) is 30.0 Å². The number of benzene rings is 1. The second kappa shape index (κ2) is 6.79. The van der Waals surface area contributed by atoms with Gasteiger partial charge < -0.3 is 14.6 Å². The van der Waals surface area contributed by atoms with Crippen molar-refractivity contribution < 1.29 is 9.21 Å². The molecule has 1 heterocycles. The number of rotatable bonds is 5. The first kappa shape index (κ1) is 16.1. The fraction of sp³-hybridized carbons (Fsp3) is 0.368. The van der Waals surface area contributed by atoms with E-state index in [9.17, 15) is 4.79 Å². The van der Waals surface area contributed by atoms with Gasteiger partial charge >= 0.3 is 6.03 Å². The van der Waals surface area contributed by atoms with Crippen LogP contribution in [0, 0.1) is 11.3 Å². The molecule has 24 heavy (non-hydrogen) atoms. The van der Waals surface area contributed by atoms with Crippen molar-refractivity contribution in [2.24, 2.45) is 0 Å². The van der Waals surface area contributed by atoms with E-state index < -0.39 is 0 Å². The van der Waals surface area contributed by atoms with Crippen LogP contribution in [0.4, 0.5) is 4.79 Å². The lowest BCUT2D eigenvalue weighted by atomic mass is 10.1. The lowest BCUT2D eigenvalue weighted by Crippen LogP contribution is -2.43. The van der Waals surface area contributed by atoms with Crippen molar-refractivity contribution in [3.05, 3.63) is 59.5 Å². The Labute approximate surface area is 141 Å². The Bertz CT molecular complexity index is 744. The van der Waals surface area contributed by atoms with Crippen LogP contribution in [0.3, 0.4) is 0 Å². The zero-order chi connectivity index (χ0) is 17.1. The molecule has 1 aromatic heterocycles. The lowest BCUT2D eigenvalue weighted by Gasteiger charge is -2.29. The highest BCUT2D eigenvalue weighted by molar-refractivity contribution is 5.76. The molecule has 1 aromatic carbocycles. The highest BCUT2D eigenvalue weighted by Crippen LogP contribution is 2.34. The predicted octanol–water partition coefficient (Wildman–Crippen LogP) is 4.15. The molecule has 5 nitrogen and oxygen atoms in total. The number of hydrogen-bond donors (Lipinski definition) is 1. The minimum Gasteiger partial charge on any atom is -0.467 e. The first-order valence-corrected chi connectivity index (χ1v) is 8.22. The van der Waals surface area contributed by atoms with Crippen molar-refractivity contribution in [1.29, 1.82) is 5.26 Å². The molecule has 0 aliphatic heterocycles. The molecule has 0 spiro atoms. The van der Waals surface area contributed by atoms with Crippen molar-refractivity contribution in [2.45, 2.75) is 44.8 Å². The van der Waals surface area contributed by atoms with E-state index in [4.69, 9.17) is 9.68 Å². The molecule has 0 saturated heterocycles. The van der Waals surface area contributed by atoms with Crippen LogP contribution in [0.2, 0.25) is 0 Å². The Morgan fingerprint density at radius 3 is 2.75 bits per heavy atom. The molecule has 0 radical (unpaired) electrons. The second-order valence-corrected chi connectivity index (χ2v) is 6.24. The van der Waals surface area contributed by atoms with Crippen LogP contribution >= 0.6 is 0 Å². The Balaban J connectivity index is 1.73. The summed E-state index contributed by atoms with van der Waals surface area (Å²) in [5.41, 5.74) is 1.51. The number of furan rings is 1. The number of carbonyl (C=O) groups excluding carboxylic acids is 1. The summed E-state index contributed by atoms with van der Waals surface area (Å²) in [6, 6.07) is 13.1. The maximum absolute atomic E-state index is 12.8. The molecule has 1 N–H and O–H groups in total. The van der Waals surface area contributed by atoms with Gasteiger partial charge in [-0.2, -0.15) is 5.26 Å². The molecule has 124 valence electrons. The monoisotopic (exact) mass is 323 g/mol. The third-order valence-electron chi connectivity index (χ3n) is 4.40. The van der Waals surface area contributed by atoms with Crippen LogP contribution in [-0.4, -0.2) is 17.0 Å². The van der Waals surface area contributed by atoms with Crippen LogP contribution in [0.25, 0.3) is 0 Å². The summed E-state index contributed by atoms with van der Waals surface area (Å²) < 4.78 is 5.47. The van der Waals surface area contributed by atoms with Crippen LogP contribution < -0.4 is 5.32 Å². The Hall–Kier alpha value is -2.74. The summed E-state index contributed by atoms with van der Waals surface area (Å²) in [6.07, 6.45) is 3.68. The van der Waals surface area contributed by atoms with Crippen molar-refractivity contribution in [1.82, 2.24) is 10.2 Å².